The van der Waals surface area contributed by atoms with Crippen LogP contribution in [0.25, 0.3) is 0 Å². The molecule has 2 aliphatic rings. The molecule has 0 atom stereocenters. The van der Waals surface area contributed by atoms with Gasteiger partial charge >= 0.3 is 14.0 Å². The van der Waals surface area contributed by atoms with Gasteiger partial charge in [-0.15, -0.1) is 0 Å². The Morgan fingerprint density at radius 3 is 0.679 bits per heavy atom. The van der Waals surface area contributed by atoms with Gasteiger partial charge in [0.15, 0.2) is 0 Å². The van der Waals surface area contributed by atoms with E-state index in [4.69, 9.17) is 29.4 Å². The molecule has 8 heteroatoms. The van der Waals surface area contributed by atoms with Crippen LogP contribution in [-0.2, 0) is 18.6 Å². The molecule has 28 heavy (non-hydrogen) atoms. The normalized spacial score (nSPS) is 24.1. The molecule has 0 bridgehead atoms. The summed E-state index contributed by atoms with van der Waals surface area (Å²) in [4.78, 5) is 0. The first-order chi connectivity index (χ1) is 13.4. The van der Waals surface area contributed by atoms with Gasteiger partial charge in [-0.3, -0.25) is 0 Å². The number of hydrogen-bond donors (Lipinski definition) is 0. The van der Waals surface area contributed by atoms with Gasteiger partial charge in [0, 0.05) is 10.8 Å². The minimum absolute atomic E-state index is 0.265. The van der Waals surface area contributed by atoms with E-state index in [0.29, 0.717) is 0 Å². The smallest absolute Gasteiger partial charge is 0.405 e. The van der Waals surface area contributed by atoms with Crippen LogP contribution in [0.2, 0.25) is 0 Å². The Labute approximate surface area is 173 Å². The molecule has 160 valence electrons. The molecule has 0 amide bonds. The van der Waals surface area contributed by atoms with Crippen LogP contribution < -0.4 is 0 Å². The van der Waals surface area contributed by atoms with Crippen LogP contribution in [0.3, 0.4) is 0 Å². The van der Waals surface area contributed by atoms with Gasteiger partial charge in [0.2, 0.25) is 0 Å². The van der Waals surface area contributed by atoms with Crippen molar-refractivity contribution in [2.24, 2.45) is 0 Å². The second-order valence-electron chi connectivity index (χ2n) is 8.01. The van der Waals surface area contributed by atoms with E-state index >= 15 is 0 Å². The van der Waals surface area contributed by atoms with E-state index in [-0.39, 0.29) is 22.4 Å². The van der Waals surface area contributed by atoms with Gasteiger partial charge in [-0.25, -0.2) is 0 Å². The van der Waals surface area contributed by atoms with E-state index in [1.807, 2.05) is 0 Å². The van der Waals surface area contributed by atoms with Gasteiger partial charge < -0.3 is 18.6 Å². The van der Waals surface area contributed by atoms with E-state index in [2.05, 4.69) is 55.4 Å². The van der Waals surface area contributed by atoms with Crippen molar-refractivity contribution >= 4 is 14.0 Å². The third-order valence-electron chi connectivity index (χ3n) is 7.82. The lowest BCUT2D eigenvalue weighted by molar-refractivity contribution is -0.0601. The maximum absolute atomic E-state index is 6.62. The Hall–Kier alpha value is -0.610. The molecule has 0 aliphatic carbocycles. The topological polar surface area (TPSA) is 84.5 Å². The maximum Gasteiger partial charge on any atom is 0.489 e. The fourth-order valence-corrected chi connectivity index (χ4v) is 5.83. The molecule has 0 unspecified atom stereocenters. The van der Waals surface area contributed by atoms with Crippen LogP contribution in [0.1, 0.15) is 107 Å². The summed E-state index contributed by atoms with van der Waals surface area (Å²) in [5.41, 5.74) is -1.06. The van der Waals surface area contributed by atoms with Crippen molar-refractivity contribution in [1.82, 2.24) is 0 Å². The molecular formula is C20H40B2N2O4. The molecular weight excluding hydrogens is 354 g/mol. The Bertz CT molecular complexity index is 420. The standard InChI is InChI=1S/C20H40B2O4.N2/c1-9-17(10-2)18(11-3,12-4)24-21(23-17)22-25-19(13-5,14-6)20(15-7,16-8)26-22;1-2/h9-16H2,1-8H3;. The molecule has 0 saturated carbocycles. The highest BCUT2D eigenvalue weighted by Gasteiger charge is 2.68. The molecule has 2 saturated heterocycles. The van der Waals surface area contributed by atoms with Crippen molar-refractivity contribution < 1.29 is 18.6 Å². The van der Waals surface area contributed by atoms with Gasteiger partial charge in [0.25, 0.3) is 0 Å². The average molecular weight is 394 g/mol. The van der Waals surface area contributed by atoms with Crippen molar-refractivity contribution in [2.75, 3.05) is 0 Å². The zero-order chi connectivity index (χ0) is 21.6. The first-order valence-electron chi connectivity index (χ1n) is 11.3. The highest BCUT2D eigenvalue weighted by atomic mass is 16.7. The third-order valence-corrected chi connectivity index (χ3v) is 7.82. The fourth-order valence-electron chi connectivity index (χ4n) is 5.83. The van der Waals surface area contributed by atoms with Crippen molar-refractivity contribution in [3.63, 3.8) is 0 Å². The van der Waals surface area contributed by atoms with Gasteiger partial charge in [-0.1, -0.05) is 55.4 Å². The van der Waals surface area contributed by atoms with Gasteiger partial charge in [0.1, 0.15) is 0 Å². The zero-order valence-electron chi connectivity index (χ0n) is 19.3. The summed E-state index contributed by atoms with van der Waals surface area (Å²) < 4.78 is 26.5. The van der Waals surface area contributed by atoms with Crippen molar-refractivity contribution in [3.8, 4) is 0 Å². The predicted octanol–water partition coefficient (Wildman–Crippen LogP) is 5.40. The first kappa shape index (κ1) is 25.4. The molecule has 0 aromatic heterocycles. The quantitative estimate of drug-likeness (QED) is 0.385. The van der Waals surface area contributed by atoms with Gasteiger partial charge in [-0.05, 0) is 51.4 Å². The Morgan fingerprint density at radius 2 is 0.571 bits per heavy atom. The lowest BCUT2D eigenvalue weighted by atomic mass is 9.49. The predicted molar refractivity (Wildman–Crippen MR) is 113 cm³/mol. The molecule has 2 fully saturated rings. The maximum atomic E-state index is 6.62. The largest absolute Gasteiger partial charge is 0.489 e. The van der Waals surface area contributed by atoms with Crippen LogP contribution in [0.5, 0.6) is 0 Å². The molecule has 0 N–H and O–H groups in total. The third kappa shape index (κ3) is 3.53. The van der Waals surface area contributed by atoms with E-state index in [1.54, 1.807) is 0 Å². The van der Waals surface area contributed by atoms with Crippen LogP contribution in [0, 0.1) is 10.8 Å². The minimum Gasteiger partial charge on any atom is -0.405 e. The lowest BCUT2D eigenvalue weighted by Gasteiger charge is -2.42. The molecule has 0 aromatic carbocycles. The summed E-state index contributed by atoms with van der Waals surface area (Å²) in [5, 5.41) is 12.0. The summed E-state index contributed by atoms with van der Waals surface area (Å²) >= 11 is 0. The van der Waals surface area contributed by atoms with Crippen LogP contribution in [-0.4, -0.2) is 36.4 Å². The number of nitrogens with zero attached hydrogens (tertiary/aromatic N) is 2. The number of hydrogen-bond acceptors (Lipinski definition) is 6. The SMILES string of the molecule is CCC1(CC)OB(B2OC(CC)(CC)C(CC)(CC)O2)OC1(CC)CC.N#N. The van der Waals surface area contributed by atoms with Gasteiger partial charge in [0.05, 0.1) is 22.4 Å². The number of rotatable bonds is 9. The van der Waals surface area contributed by atoms with E-state index in [0.717, 1.165) is 51.4 Å². The second kappa shape index (κ2) is 9.93. The highest BCUT2D eigenvalue weighted by molar-refractivity contribution is 7.11. The van der Waals surface area contributed by atoms with Crippen LogP contribution in [0.15, 0.2) is 0 Å². The van der Waals surface area contributed by atoms with Crippen LogP contribution >= 0.6 is 0 Å². The lowest BCUT2D eigenvalue weighted by Crippen LogP contribution is -2.50. The molecule has 2 aliphatic heterocycles. The first-order valence-corrected chi connectivity index (χ1v) is 11.3. The Morgan fingerprint density at radius 1 is 0.429 bits per heavy atom. The highest BCUT2D eigenvalue weighted by Crippen LogP contribution is 2.52. The van der Waals surface area contributed by atoms with E-state index in [9.17, 15) is 0 Å². The van der Waals surface area contributed by atoms with E-state index < -0.39 is 14.0 Å². The van der Waals surface area contributed by atoms with Gasteiger partial charge in [-0.2, -0.15) is 0 Å². The molecule has 2 heterocycles. The Balaban J connectivity index is 0.00000190. The molecule has 0 radical (unpaired) electrons. The second-order valence-corrected chi connectivity index (χ2v) is 8.01. The summed E-state index contributed by atoms with van der Waals surface area (Å²) in [6.07, 6.45) is 7.51. The monoisotopic (exact) mass is 394 g/mol. The zero-order valence-corrected chi connectivity index (χ0v) is 19.3. The average Bonchev–Trinajstić information content (AvgIpc) is 3.29. The van der Waals surface area contributed by atoms with Crippen LogP contribution in [0.4, 0.5) is 0 Å². The summed E-state index contributed by atoms with van der Waals surface area (Å²) in [6, 6.07) is 0. The van der Waals surface area contributed by atoms with Crippen molar-refractivity contribution in [1.29, 1.82) is 10.8 Å². The van der Waals surface area contributed by atoms with E-state index in [1.165, 1.54) is 0 Å². The molecule has 2 rings (SSSR count). The summed E-state index contributed by atoms with van der Waals surface area (Å²) in [6.45, 7) is 17.6. The molecule has 0 aromatic rings. The molecule has 6 nitrogen and oxygen atoms in total. The Kier molecular flexibility index (Phi) is 9.02. The summed E-state index contributed by atoms with van der Waals surface area (Å²) in [7, 11) is -0.903. The van der Waals surface area contributed by atoms with Crippen molar-refractivity contribution in [3.05, 3.63) is 0 Å². The molecule has 0 spiro atoms. The minimum atomic E-state index is -0.452. The fraction of sp³-hybridized carbons (Fsp3) is 1.00. The van der Waals surface area contributed by atoms with Crippen molar-refractivity contribution in [2.45, 2.75) is 129 Å². The summed E-state index contributed by atoms with van der Waals surface area (Å²) in [5.74, 6) is 0.